The number of hydrogen-bond donors (Lipinski definition) is 1. The molecule has 1 N–H and O–H groups in total. The molecule has 0 saturated carbocycles. The van der Waals surface area contributed by atoms with E-state index in [0.717, 1.165) is 31.6 Å². The molecule has 1 amide bonds. The quantitative estimate of drug-likeness (QED) is 0.197. The first-order chi connectivity index (χ1) is 20.9. The van der Waals surface area contributed by atoms with Gasteiger partial charge in [-0.3, -0.25) is 4.79 Å². The van der Waals surface area contributed by atoms with Crippen LogP contribution in [0.5, 0.6) is 0 Å². The molecule has 3 heterocycles. The average Bonchev–Trinajstić information content (AvgIpc) is 3.65. The molecule has 1 aliphatic heterocycles. The second-order valence-electron chi connectivity index (χ2n) is 11.0. The molecule has 0 radical (unpaired) electrons. The van der Waals surface area contributed by atoms with Crippen LogP contribution in [0.3, 0.4) is 0 Å². The Labute approximate surface area is 254 Å². The Hall–Kier alpha value is -3.71. The molecule has 4 aromatic rings. The van der Waals surface area contributed by atoms with Crippen LogP contribution in [0.4, 0.5) is 26.3 Å². The average molecular weight is 636 g/mol. The lowest BCUT2D eigenvalue weighted by Gasteiger charge is -2.32. The number of nitrogens with zero attached hydrogens (tertiary/aromatic N) is 4. The van der Waals surface area contributed by atoms with Gasteiger partial charge in [0.05, 0.1) is 41.0 Å². The van der Waals surface area contributed by atoms with E-state index in [9.17, 15) is 31.1 Å². The number of benzene rings is 2. The van der Waals surface area contributed by atoms with Crippen molar-refractivity contribution in [2.75, 3.05) is 19.6 Å². The summed E-state index contributed by atoms with van der Waals surface area (Å²) in [6.45, 7) is 1.77. The van der Waals surface area contributed by atoms with E-state index in [2.05, 4.69) is 32.3 Å². The van der Waals surface area contributed by atoms with Crippen LogP contribution in [0.2, 0.25) is 0 Å². The number of rotatable bonds is 9. The number of nitrogens with one attached hydrogen (secondary N) is 1. The summed E-state index contributed by atoms with van der Waals surface area (Å²) >= 11 is 1.33. The molecule has 0 spiro atoms. The summed E-state index contributed by atoms with van der Waals surface area (Å²) in [5.74, 6) is -0.814. The van der Waals surface area contributed by atoms with Gasteiger partial charge in [0.25, 0.3) is 0 Å². The molecule has 1 fully saturated rings. The molecular formula is C31H31F6N5OS. The normalized spacial score (nSPS) is 15.8. The van der Waals surface area contributed by atoms with E-state index in [4.69, 9.17) is 0 Å². The fourth-order valence-corrected chi connectivity index (χ4v) is 6.43. The number of thiazole rings is 1. The number of aromatic nitrogens is 3. The first kappa shape index (κ1) is 31.7. The minimum atomic E-state index is -4.97. The molecule has 234 valence electrons. The van der Waals surface area contributed by atoms with Gasteiger partial charge in [-0.15, -0.1) is 11.3 Å². The number of alkyl halides is 6. The first-order valence-electron chi connectivity index (χ1n) is 14.1. The minimum absolute atomic E-state index is 0.0737. The zero-order valence-electron chi connectivity index (χ0n) is 23.8. The summed E-state index contributed by atoms with van der Waals surface area (Å²) in [4.78, 5) is 24.6. The number of likely N-dealkylation sites (tertiary alicyclic amines) is 1. The van der Waals surface area contributed by atoms with Gasteiger partial charge in [0, 0.05) is 19.0 Å². The molecule has 1 unspecified atom stereocenters. The van der Waals surface area contributed by atoms with Gasteiger partial charge in [-0.2, -0.15) is 26.3 Å². The van der Waals surface area contributed by atoms with Crippen LogP contribution >= 0.6 is 11.3 Å². The van der Waals surface area contributed by atoms with Crippen LogP contribution in [0.25, 0.3) is 10.7 Å². The highest BCUT2D eigenvalue weighted by molar-refractivity contribution is 7.13. The van der Waals surface area contributed by atoms with Crippen LogP contribution in [0.1, 0.15) is 59.0 Å². The predicted molar refractivity (Wildman–Crippen MR) is 155 cm³/mol. The molecule has 5 rings (SSSR count). The van der Waals surface area contributed by atoms with Crippen molar-refractivity contribution in [1.29, 1.82) is 0 Å². The molecule has 1 atom stereocenters. The Balaban J connectivity index is 1.31. The topological polar surface area (TPSA) is 63.1 Å². The summed E-state index contributed by atoms with van der Waals surface area (Å²) in [6, 6.07) is 11.6. The van der Waals surface area contributed by atoms with E-state index < -0.39 is 41.8 Å². The van der Waals surface area contributed by atoms with Gasteiger partial charge >= 0.3 is 12.4 Å². The number of halogens is 6. The van der Waals surface area contributed by atoms with Gasteiger partial charge in [0.2, 0.25) is 5.91 Å². The van der Waals surface area contributed by atoms with Crippen molar-refractivity contribution in [2.24, 2.45) is 7.05 Å². The van der Waals surface area contributed by atoms with Crippen LogP contribution < -0.4 is 5.32 Å². The van der Waals surface area contributed by atoms with E-state index in [0.29, 0.717) is 41.7 Å². The second-order valence-corrected chi connectivity index (χ2v) is 11.8. The number of carbonyl (C=O) groups is 1. The molecule has 1 saturated heterocycles. The maximum Gasteiger partial charge on any atom is 0.416 e. The number of carbonyl (C=O) groups excluding carboxylic acids is 1. The van der Waals surface area contributed by atoms with E-state index in [1.54, 1.807) is 22.5 Å². The van der Waals surface area contributed by atoms with E-state index >= 15 is 0 Å². The summed E-state index contributed by atoms with van der Waals surface area (Å²) < 4.78 is 81.9. The fourth-order valence-electron chi connectivity index (χ4n) is 5.50. The number of aryl methyl sites for hydroxylation is 1. The Bertz CT molecular complexity index is 1530. The predicted octanol–water partition coefficient (Wildman–Crippen LogP) is 7.25. The first-order valence-corrected chi connectivity index (χ1v) is 15.0. The van der Waals surface area contributed by atoms with Crippen molar-refractivity contribution in [3.05, 3.63) is 94.4 Å². The van der Waals surface area contributed by atoms with Gasteiger partial charge in [-0.05, 0) is 74.1 Å². The van der Waals surface area contributed by atoms with Gasteiger partial charge in [0.1, 0.15) is 5.01 Å². The lowest BCUT2D eigenvalue weighted by molar-refractivity contribution is -0.143. The monoisotopic (exact) mass is 635 g/mol. The lowest BCUT2D eigenvalue weighted by atomic mass is 9.89. The third kappa shape index (κ3) is 7.68. The van der Waals surface area contributed by atoms with Crippen LogP contribution in [0.15, 0.2) is 66.4 Å². The molecular weight excluding hydrogens is 604 g/mol. The highest BCUT2D eigenvalue weighted by Crippen LogP contribution is 2.37. The van der Waals surface area contributed by atoms with Gasteiger partial charge in [-0.1, -0.05) is 30.3 Å². The van der Waals surface area contributed by atoms with Crippen LogP contribution in [-0.4, -0.2) is 45.0 Å². The Morgan fingerprint density at radius 3 is 2.27 bits per heavy atom. The Kier molecular flexibility index (Phi) is 9.45. The molecule has 0 aliphatic carbocycles. The van der Waals surface area contributed by atoms with E-state index in [-0.39, 0.29) is 11.6 Å². The standard InChI is InChI=1S/C31H31F6N5OS/c1-41-19-38-17-27(41)29-40-26(18-44-29)25(9-12-42-10-7-22(8-11-42)21-5-3-2-4-6-21)28(43)39-16-20-13-23(30(32,33)34)15-24(14-20)31(35,36)37/h2-6,13-15,17-19,22,25H,7-12,16H2,1H3,(H,39,43). The summed E-state index contributed by atoms with van der Waals surface area (Å²) in [5, 5.41) is 4.99. The molecule has 13 heteroatoms. The summed E-state index contributed by atoms with van der Waals surface area (Å²) in [6.07, 6.45) is -4.34. The molecule has 1 aliphatic rings. The SMILES string of the molecule is Cn1cncc1-c1nc(C(CCN2CCC(c3ccccc3)CC2)C(=O)NCc2cc(C(F)(F)F)cc(C(F)(F)F)c2)cs1. The van der Waals surface area contributed by atoms with Crippen molar-refractivity contribution in [2.45, 2.75) is 50.0 Å². The highest BCUT2D eigenvalue weighted by Gasteiger charge is 2.37. The van der Waals surface area contributed by atoms with E-state index in [1.165, 1.54) is 16.9 Å². The van der Waals surface area contributed by atoms with Gasteiger partial charge in [0.15, 0.2) is 0 Å². The fraction of sp³-hybridized carbons (Fsp3) is 0.387. The number of hydrogen-bond acceptors (Lipinski definition) is 5. The van der Waals surface area contributed by atoms with Crippen molar-refractivity contribution in [1.82, 2.24) is 24.8 Å². The van der Waals surface area contributed by atoms with Crippen molar-refractivity contribution in [3.8, 4) is 10.7 Å². The zero-order valence-corrected chi connectivity index (χ0v) is 24.6. The van der Waals surface area contributed by atoms with Crippen LogP contribution in [0, 0.1) is 0 Å². The highest BCUT2D eigenvalue weighted by atomic mass is 32.1. The molecule has 44 heavy (non-hydrogen) atoms. The lowest BCUT2D eigenvalue weighted by Crippen LogP contribution is -2.36. The van der Waals surface area contributed by atoms with Crippen molar-refractivity contribution in [3.63, 3.8) is 0 Å². The zero-order chi connectivity index (χ0) is 31.5. The van der Waals surface area contributed by atoms with E-state index in [1.807, 2.05) is 25.2 Å². The van der Waals surface area contributed by atoms with Gasteiger partial charge < -0.3 is 14.8 Å². The molecule has 2 aromatic carbocycles. The maximum absolute atomic E-state index is 13.5. The number of amides is 1. The minimum Gasteiger partial charge on any atom is -0.351 e. The third-order valence-corrected chi connectivity index (χ3v) is 8.82. The molecule has 2 aromatic heterocycles. The number of imidazole rings is 1. The Morgan fingerprint density at radius 1 is 1.02 bits per heavy atom. The third-order valence-electron chi connectivity index (χ3n) is 7.94. The van der Waals surface area contributed by atoms with Crippen LogP contribution in [-0.2, 0) is 30.7 Å². The Morgan fingerprint density at radius 2 is 1.68 bits per heavy atom. The second kappa shape index (κ2) is 13.1. The van der Waals surface area contributed by atoms with Gasteiger partial charge in [-0.25, -0.2) is 9.97 Å². The van der Waals surface area contributed by atoms with Crippen molar-refractivity contribution < 1.29 is 31.1 Å². The smallest absolute Gasteiger partial charge is 0.351 e. The summed E-state index contributed by atoms with van der Waals surface area (Å²) in [7, 11) is 1.82. The number of piperidine rings is 1. The van der Waals surface area contributed by atoms with Crippen molar-refractivity contribution >= 4 is 17.2 Å². The maximum atomic E-state index is 13.5. The molecule has 0 bridgehead atoms. The molecule has 6 nitrogen and oxygen atoms in total. The largest absolute Gasteiger partial charge is 0.416 e. The summed E-state index contributed by atoms with van der Waals surface area (Å²) in [5.41, 5.74) is -0.594.